The van der Waals surface area contributed by atoms with Crippen molar-refractivity contribution in [3.63, 3.8) is 0 Å². The molecule has 0 amide bonds. The first-order chi connectivity index (χ1) is 34.9. The molecule has 1 saturated heterocycles. The average molecular weight is 1010 g/mol. The quantitative estimate of drug-likeness (QED) is 0.0267. The van der Waals surface area contributed by atoms with Gasteiger partial charge in [-0.2, -0.15) is 0 Å². The van der Waals surface area contributed by atoms with Crippen LogP contribution in [0, 0.1) is 0 Å². The van der Waals surface area contributed by atoms with Gasteiger partial charge in [0, 0.05) is 13.0 Å². The fourth-order valence-corrected chi connectivity index (χ4v) is 9.56. The molecule has 418 valence electrons. The summed E-state index contributed by atoms with van der Waals surface area (Å²) in [5, 5.41) is 40.4. The summed E-state index contributed by atoms with van der Waals surface area (Å²) in [6, 6.07) is 0. The van der Waals surface area contributed by atoms with Crippen LogP contribution in [0.1, 0.15) is 290 Å². The van der Waals surface area contributed by atoms with E-state index in [0.717, 1.165) is 44.9 Å². The first kappa shape index (κ1) is 67.4. The number of aliphatic hydroxyl groups is 4. The molecule has 71 heavy (non-hydrogen) atoms. The third kappa shape index (κ3) is 43.4. The van der Waals surface area contributed by atoms with Crippen molar-refractivity contribution in [2.24, 2.45) is 0 Å². The predicted octanol–water partition coefficient (Wildman–Crippen LogP) is 16.2. The number of hydrogen-bond donors (Lipinski definition) is 4. The lowest BCUT2D eigenvalue weighted by atomic mass is 9.99. The van der Waals surface area contributed by atoms with Gasteiger partial charge in [0.1, 0.15) is 30.5 Å². The largest absolute Gasteiger partial charge is 0.457 e. The van der Waals surface area contributed by atoms with Gasteiger partial charge in [-0.05, 0) is 51.4 Å². The van der Waals surface area contributed by atoms with Gasteiger partial charge in [-0.25, -0.2) is 0 Å². The highest BCUT2D eigenvalue weighted by atomic mass is 16.7. The van der Waals surface area contributed by atoms with Gasteiger partial charge < -0.3 is 39.4 Å². The zero-order valence-electron chi connectivity index (χ0n) is 46.5. The molecule has 1 rings (SSSR count). The highest BCUT2D eigenvalue weighted by Gasteiger charge is 2.44. The van der Waals surface area contributed by atoms with E-state index in [2.05, 4.69) is 50.3 Å². The van der Waals surface area contributed by atoms with Crippen LogP contribution in [0.2, 0.25) is 0 Å². The molecule has 1 aliphatic heterocycles. The molecule has 0 aromatic heterocycles. The van der Waals surface area contributed by atoms with Crippen LogP contribution in [0.25, 0.3) is 0 Å². The minimum atomic E-state index is -1.54. The van der Waals surface area contributed by atoms with E-state index in [9.17, 15) is 25.2 Å². The Morgan fingerprint density at radius 2 is 0.817 bits per heavy atom. The first-order valence-electron chi connectivity index (χ1n) is 30.6. The highest BCUT2D eigenvalue weighted by molar-refractivity contribution is 5.69. The molecule has 9 heteroatoms. The monoisotopic (exact) mass is 1000 g/mol. The fourth-order valence-electron chi connectivity index (χ4n) is 9.56. The predicted molar refractivity (Wildman–Crippen MR) is 298 cm³/mol. The zero-order chi connectivity index (χ0) is 51.3. The SMILES string of the molecule is CCCCCCC/C=C\C/C=C\C/C=C\CCCCCCCCCCCCC(=O)OC(COCCCCCCCCCCCCCCCCCCCCCCCCC)COC1OC(CO)C(O)C(O)C1O. The maximum absolute atomic E-state index is 12.9. The smallest absolute Gasteiger partial charge is 0.306 e. The van der Waals surface area contributed by atoms with Crippen LogP contribution in [0.5, 0.6) is 0 Å². The third-order valence-electron chi connectivity index (χ3n) is 14.3. The second-order valence-corrected chi connectivity index (χ2v) is 21.2. The summed E-state index contributed by atoms with van der Waals surface area (Å²) in [5.74, 6) is -0.312. The molecule has 1 heterocycles. The van der Waals surface area contributed by atoms with Gasteiger partial charge in [0.25, 0.3) is 0 Å². The molecule has 9 nitrogen and oxygen atoms in total. The van der Waals surface area contributed by atoms with E-state index in [1.807, 2.05) is 0 Å². The number of rotatable bonds is 54. The molecule has 0 aliphatic carbocycles. The van der Waals surface area contributed by atoms with E-state index in [0.29, 0.717) is 13.0 Å². The molecule has 4 N–H and O–H groups in total. The lowest BCUT2D eigenvalue weighted by Crippen LogP contribution is -2.59. The summed E-state index contributed by atoms with van der Waals surface area (Å²) in [6.45, 7) is 4.61. The highest BCUT2D eigenvalue weighted by Crippen LogP contribution is 2.23. The number of aliphatic hydroxyl groups excluding tert-OH is 4. The number of ether oxygens (including phenoxy) is 4. The molecule has 0 aromatic rings. The van der Waals surface area contributed by atoms with Crippen molar-refractivity contribution in [3.8, 4) is 0 Å². The molecule has 6 unspecified atom stereocenters. The van der Waals surface area contributed by atoms with Crippen LogP contribution in [-0.4, -0.2) is 89.6 Å². The standard InChI is InChI=1S/C62H116O9/c1-3-5-7-9-11-13-15-17-19-21-23-25-27-28-29-31-33-35-37-39-41-43-45-47-49-51-58(64)70-56(55-69-62-61(67)60(66)59(65)57(53-63)71-62)54-68-52-50-48-46-44-42-40-38-36-34-32-30-26-24-22-20-18-16-14-12-10-8-6-4-2/h15,17,21,23,27-28,56-57,59-63,65-67H,3-14,16,18-20,22,24-26,29-55H2,1-2H3/b17-15-,23-21-,28-27-. The van der Waals surface area contributed by atoms with Crippen molar-refractivity contribution in [2.75, 3.05) is 26.4 Å². The van der Waals surface area contributed by atoms with Crippen LogP contribution in [0.15, 0.2) is 36.5 Å². The van der Waals surface area contributed by atoms with Crippen LogP contribution < -0.4 is 0 Å². The summed E-state index contributed by atoms with van der Waals surface area (Å²) in [5.41, 5.74) is 0. The van der Waals surface area contributed by atoms with Gasteiger partial charge in [-0.15, -0.1) is 0 Å². The minimum Gasteiger partial charge on any atom is -0.457 e. The van der Waals surface area contributed by atoms with Gasteiger partial charge in [-0.1, -0.05) is 269 Å². The molecule has 0 radical (unpaired) electrons. The van der Waals surface area contributed by atoms with E-state index in [-0.39, 0.29) is 19.2 Å². The summed E-state index contributed by atoms with van der Waals surface area (Å²) in [6.07, 6.45) is 60.6. The van der Waals surface area contributed by atoms with Crippen molar-refractivity contribution in [3.05, 3.63) is 36.5 Å². The maximum atomic E-state index is 12.9. The summed E-state index contributed by atoms with van der Waals surface area (Å²) in [7, 11) is 0. The molecule has 0 aromatic carbocycles. The number of esters is 1. The number of carbonyl (C=O) groups is 1. The molecule has 0 saturated carbocycles. The Morgan fingerprint density at radius 3 is 1.23 bits per heavy atom. The van der Waals surface area contributed by atoms with Crippen molar-refractivity contribution in [2.45, 2.75) is 327 Å². The molecular formula is C62H116O9. The maximum Gasteiger partial charge on any atom is 0.306 e. The topological polar surface area (TPSA) is 135 Å². The molecule has 1 fully saturated rings. The van der Waals surface area contributed by atoms with E-state index < -0.39 is 43.4 Å². The van der Waals surface area contributed by atoms with Gasteiger partial charge in [0.2, 0.25) is 0 Å². The second kappa shape index (κ2) is 53.2. The van der Waals surface area contributed by atoms with Crippen LogP contribution in [0.4, 0.5) is 0 Å². The first-order valence-corrected chi connectivity index (χ1v) is 30.6. The van der Waals surface area contributed by atoms with Crippen LogP contribution in [0.3, 0.4) is 0 Å². The third-order valence-corrected chi connectivity index (χ3v) is 14.3. The van der Waals surface area contributed by atoms with E-state index in [1.165, 1.54) is 225 Å². The number of hydrogen-bond acceptors (Lipinski definition) is 9. The molecule has 0 spiro atoms. The summed E-state index contributed by atoms with van der Waals surface area (Å²) in [4.78, 5) is 12.9. The Bertz CT molecular complexity index is 1190. The Kier molecular flexibility index (Phi) is 50.6. The molecule has 6 atom stereocenters. The van der Waals surface area contributed by atoms with E-state index in [1.54, 1.807) is 0 Å². The Morgan fingerprint density at radius 1 is 0.451 bits per heavy atom. The van der Waals surface area contributed by atoms with Crippen molar-refractivity contribution >= 4 is 5.97 Å². The van der Waals surface area contributed by atoms with E-state index in [4.69, 9.17) is 18.9 Å². The van der Waals surface area contributed by atoms with E-state index >= 15 is 0 Å². The minimum absolute atomic E-state index is 0.111. The Balaban J connectivity index is 2.13. The second-order valence-electron chi connectivity index (χ2n) is 21.2. The zero-order valence-corrected chi connectivity index (χ0v) is 46.5. The Hall–Kier alpha value is -1.59. The lowest BCUT2D eigenvalue weighted by molar-refractivity contribution is -0.305. The van der Waals surface area contributed by atoms with Gasteiger partial charge in [0.15, 0.2) is 6.29 Å². The molecular weight excluding hydrogens is 889 g/mol. The lowest BCUT2D eigenvalue weighted by Gasteiger charge is -2.39. The summed E-state index contributed by atoms with van der Waals surface area (Å²) >= 11 is 0. The normalized spacial score (nSPS) is 19.0. The average Bonchev–Trinajstić information content (AvgIpc) is 3.37. The fraction of sp³-hybridized carbons (Fsp3) is 0.887. The van der Waals surface area contributed by atoms with Crippen LogP contribution >= 0.6 is 0 Å². The number of allylic oxidation sites excluding steroid dienone is 6. The van der Waals surface area contributed by atoms with Crippen molar-refractivity contribution in [1.82, 2.24) is 0 Å². The molecule has 1 aliphatic rings. The Labute approximate surface area is 438 Å². The van der Waals surface area contributed by atoms with Gasteiger partial charge in [0.05, 0.1) is 19.8 Å². The van der Waals surface area contributed by atoms with Crippen LogP contribution in [-0.2, 0) is 23.7 Å². The van der Waals surface area contributed by atoms with Crippen molar-refractivity contribution in [1.29, 1.82) is 0 Å². The van der Waals surface area contributed by atoms with Crippen molar-refractivity contribution < 1.29 is 44.2 Å². The number of unbranched alkanes of at least 4 members (excludes halogenated alkanes) is 37. The summed E-state index contributed by atoms with van der Waals surface area (Å²) < 4.78 is 23.0. The van der Waals surface area contributed by atoms with Gasteiger partial charge >= 0.3 is 5.97 Å². The van der Waals surface area contributed by atoms with Gasteiger partial charge in [-0.3, -0.25) is 4.79 Å². The number of carbonyl (C=O) groups excluding carboxylic acids is 1. The molecule has 0 bridgehead atoms.